The molecule has 0 aromatic heterocycles. The van der Waals surface area contributed by atoms with Crippen molar-refractivity contribution >= 4 is 45.8 Å². The van der Waals surface area contributed by atoms with Gasteiger partial charge in [-0.1, -0.05) is 13.8 Å². The molecule has 1 rings (SSSR count). The van der Waals surface area contributed by atoms with Crippen molar-refractivity contribution < 1.29 is 4.79 Å². The second-order valence-corrected chi connectivity index (χ2v) is 5.00. The van der Waals surface area contributed by atoms with Crippen LogP contribution in [0.4, 0.5) is 5.69 Å². The van der Waals surface area contributed by atoms with Gasteiger partial charge >= 0.3 is 0 Å². The van der Waals surface area contributed by atoms with Crippen molar-refractivity contribution in [3.63, 3.8) is 0 Å². The summed E-state index contributed by atoms with van der Waals surface area (Å²) < 4.78 is 1.20. The molecule has 0 saturated heterocycles. The second-order valence-electron chi connectivity index (χ2n) is 3.49. The van der Waals surface area contributed by atoms with Gasteiger partial charge in [0.25, 0.3) is 0 Å². The minimum absolute atomic E-state index is 0.00169. The lowest BCUT2D eigenvalue weighted by atomic mass is 10.0. The molecule has 1 amide bonds. The van der Waals surface area contributed by atoms with E-state index in [1.165, 1.54) is 14.7 Å². The van der Waals surface area contributed by atoms with E-state index in [0.717, 1.165) is 18.5 Å². The summed E-state index contributed by atoms with van der Waals surface area (Å²) >= 11 is 7.81. The second kappa shape index (κ2) is 6.45. The minimum atomic E-state index is -0.146. The lowest BCUT2D eigenvalue weighted by Crippen LogP contribution is -2.15. The number of alkyl halides is 1. The number of hydrogen-bond donors (Lipinski definition) is 1. The number of carbonyl (C=O) groups excluding carboxylic acids is 1. The molecule has 0 aliphatic rings. The van der Waals surface area contributed by atoms with Crippen LogP contribution in [0.25, 0.3) is 0 Å². The summed E-state index contributed by atoms with van der Waals surface area (Å²) in [6.07, 6.45) is 1.81. The number of hydrogen-bond acceptors (Lipinski definition) is 1. The molecule has 0 aliphatic carbocycles. The number of halogens is 2. The Morgan fingerprint density at radius 3 is 2.19 bits per heavy atom. The standard InChI is InChI=1S/C12H15ClINO/c1-3-8-5-10(14)6-9(4-2)12(8)15-11(16)7-13/h5-6H,3-4,7H2,1-2H3,(H,15,16). The summed E-state index contributed by atoms with van der Waals surface area (Å²) in [6.45, 7) is 4.17. The van der Waals surface area contributed by atoms with Crippen LogP contribution in [0.5, 0.6) is 0 Å². The van der Waals surface area contributed by atoms with Crippen molar-refractivity contribution in [3.8, 4) is 0 Å². The fourth-order valence-electron chi connectivity index (χ4n) is 1.62. The van der Waals surface area contributed by atoms with Crippen molar-refractivity contribution in [2.75, 3.05) is 11.2 Å². The van der Waals surface area contributed by atoms with Crippen LogP contribution in [-0.4, -0.2) is 11.8 Å². The van der Waals surface area contributed by atoms with Gasteiger partial charge in [-0.3, -0.25) is 4.79 Å². The highest BCUT2D eigenvalue weighted by atomic mass is 127. The number of carbonyl (C=O) groups is 1. The van der Waals surface area contributed by atoms with Crippen LogP contribution < -0.4 is 5.32 Å². The van der Waals surface area contributed by atoms with Crippen LogP contribution in [0.1, 0.15) is 25.0 Å². The molecule has 4 heteroatoms. The Bertz CT molecular complexity index is 368. The number of aryl methyl sites for hydroxylation is 2. The molecule has 0 fully saturated rings. The van der Waals surface area contributed by atoms with Crippen molar-refractivity contribution in [1.82, 2.24) is 0 Å². The summed E-state index contributed by atoms with van der Waals surface area (Å²) in [7, 11) is 0. The lowest BCUT2D eigenvalue weighted by molar-refractivity contribution is -0.113. The van der Waals surface area contributed by atoms with Crippen LogP contribution >= 0.6 is 34.2 Å². The Morgan fingerprint density at radius 1 is 1.31 bits per heavy atom. The van der Waals surface area contributed by atoms with Gasteiger partial charge in [0.05, 0.1) is 0 Å². The highest BCUT2D eigenvalue weighted by Gasteiger charge is 2.10. The van der Waals surface area contributed by atoms with Gasteiger partial charge in [-0.25, -0.2) is 0 Å². The van der Waals surface area contributed by atoms with E-state index >= 15 is 0 Å². The van der Waals surface area contributed by atoms with E-state index in [1.807, 2.05) is 0 Å². The van der Waals surface area contributed by atoms with Gasteiger partial charge in [0.1, 0.15) is 5.88 Å². The largest absolute Gasteiger partial charge is 0.325 e. The molecule has 16 heavy (non-hydrogen) atoms. The molecule has 0 radical (unpaired) electrons. The molecule has 2 nitrogen and oxygen atoms in total. The van der Waals surface area contributed by atoms with Gasteiger partial charge in [0.15, 0.2) is 0 Å². The molecule has 0 atom stereocenters. The molecule has 0 saturated carbocycles. The molecule has 0 spiro atoms. The fourth-order valence-corrected chi connectivity index (χ4v) is 2.43. The zero-order valence-corrected chi connectivity index (χ0v) is 12.4. The number of nitrogens with one attached hydrogen (secondary N) is 1. The van der Waals surface area contributed by atoms with E-state index < -0.39 is 0 Å². The molecule has 0 heterocycles. The predicted octanol–water partition coefficient (Wildman–Crippen LogP) is 3.59. The Balaban J connectivity index is 3.16. The smallest absolute Gasteiger partial charge is 0.239 e. The van der Waals surface area contributed by atoms with E-state index in [2.05, 4.69) is 53.9 Å². The first-order valence-corrected chi connectivity index (χ1v) is 6.90. The number of rotatable bonds is 4. The Labute approximate surface area is 115 Å². The molecular weight excluding hydrogens is 336 g/mol. The van der Waals surface area contributed by atoms with Gasteiger partial charge < -0.3 is 5.32 Å². The maximum absolute atomic E-state index is 11.4. The van der Waals surface area contributed by atoms with Crippen LogP contribution in [0, 0.1) is 3.57 Å². The molecule has 1 aromatic rings. The van der Waals surface area contributed by atoms with E-state index in [0.29, 0.717) is 0 Å². The van der Waals surface area contributed by atoms with Crippen LogP contribution in [0.2, 0.25) is 0 Å². The summed E-state index contributed by atoms with van der Waals surface area (Å²) in [5, 5.41) is 2.88. The molecule has 0 bridgehead atoms. The zero-order valence-electron chi connectivity index (χ0n) is 9.44. The van der Waals surface area contributed by atoms with Gasteiger partial charge in [-0.2, -0.15) is 0 Å². The Morgan fingerprint density at radius 2 is 1.81 bits per heavy atom. The van der Waals surface area contributed by atoms with E-state index in [1.54, 1.807) is 0 Å². The molecule has 0 aliphatic heterocycles. The highest BCUT2D eigenvalue weighted by molar-refractivity contribution is 14.1. The monoisotopic (exact) mass is 351 g/mol. The highest BCUT2D eigenvalue weighted by Crippen LogP contribution is 2.25. The van der Waals surface area contributed by atoms with Crippen LogP contribution in [0.15, 0.2) is 12.1 Å². The van der Waals surface area contributed by atoms with E-state index in [-0.39, 0.29) is 11.8 Å². The van der Waals surface area contributed by atoms with Crippen molar-refractivity contribution in [2.45, 2.75) is 26.7 Å². The third-order valence-electron chi connectivity index (χ3n) is 2.41. The van der Waals surface area contributed by atoms with Gasteiger partial charge in [-0.05, 0) is 58.7 Å². The average molecular weight is 352 g/mol. The molecular formula is C12H15ClINO. The summed E-state index contributed by atoms with van der Waals surface area (Å²) in [5.41, 5.74) is 3.28. The topological polar surface area (TPSA) is 29.1 Å². The summed E-state index contributed by atoms with van der Waals surface area (Å²) in [5.74, 6) is -0.148. The van der Waals surface area contributed by atoms with E-state index in [4.69, 9.17) is 11.6 Å². The lowest BCUT2D eigenvalue weighted by Gasteiger charge is -2.14. The third kappa shape index (κ3) is 3.35. The average Bonchev–Trinajstić information content (AvgIpc) is 2.30. The van der Waals surface area contributed by atoms with Crippen molar-refractivity contribution in [3.05, 3.63) is 26.8 Å². The maximum atomic E-state index is 11.4. The summed E-state index contributed by atoms with van der Waals surface area (Å²) in [4.78, 5) is 11.4. The van der Waals surface area contributed by atoms with Crippen LogP contribution in [-0.2, 0) is 17.6 Å². The van der Waals surface area contributed by atoms with Gasteiger partial charge in [0.2, 0.25) is 5.91 Å². The fraction of sp³-hybridized carbons (Fsp3) is 0.417. The molecule has 0 unspecified atom stereocenters. The molecule has 88 valence electrons. The van der Waals surface area contributed by atoms with E-state index in [9.17, 15) is 4.79 Å². The van der Waals surface area contributed by atoms with Crippen molar-refractivity contribution in [2.24, 2.45) is 0 Å². The maximum Gasteiger partial charge on any atom is 0.239 e. The first-order valence-electron chi connectivity index (χ1n) is 5.29. The summed E-state index contributed by atoms with van der Waals surface area (Å²) in [6, 6.07) is 4.20. The first kappa shape index (κ1) is 13.8. The zero-order chi connectivity index (χ0) is 12.1. The van der Waals surface area contributed by atoms with Gasteiger partial charge in [-0.15, -0.1) is 11.6 Å². The quantitative estimate of drug-likeness (QED) is 0.652. The first-order chi connectivity index (χ1) is 7.62. The van der Waals surface area contributed by atoms with Crippen molar-refractivity contribution in [1.29, 1.82) is 0 Å². The number of benzene rings is 1. The normalized spacial score (nSPS) is 10.2. The third-order valence-corrected chi connectivity index (χ3v) is 3.28. The Hall–Kier alpha value is -0.290. The van der Waals surface area contributed by atoms with Gasteiger partial charge in [0, 0.05) is 9.26 Å². The SMILES string of the molecule is CCc1cc(I)cc(CC)c1NC(=O)CCl. The molecule has 1 aromatic carbocycles. The predicted molar refractivity (Wildman–Crippen MR) is 77.3 cm³/mol. The molecule has 1 N–H and O–H groups in total. The number of amides is 1. The Kier molecular flexibility index (Phi) is 5.55. The number of anilines is 1. The van der Waals surface area contributed by atoms with Crippen LogP contribution in [0.3, 0.4) is 0 Å². The minimum Gasteiger partial charge on any atom is -0.325 e.